The monoisotopic (exact) mass is 1100 g/mol. The van der Waals surface area contributed by atoms with Crippen LogP contribution in [0.25, 0.3) is 0 Å². The number of carbonyl (C=O) groups excluding carboxylic acids is 2. The van der Waals surface area contributed by atoms with E-state index in [0.717, 1.165) is 56.6 Å². The number of nitrogens with zero attached hydrogens (tertiary/aromatic N) is 2. The number of methoxy groups -OCH3 is 2. The van der Waals surface area contributed by atoms with Crippen molar-refractivity contribution < 1.29 is 65.2 Å². The minimum absolute atomic E-state index is 0. The second-order valence-corrected chi connectivity index (χ2v) is 36.7. The summed E-state index contributed by atoms with van der Waals surface area (Å²) < 4.78 is 83.2. The van der Waals surface area contributed by atoms with Crippen molar-refractivity contribution in [3.8, 4) is 35.1 Å². The Morgan fingerprint density at radius 1 is 0.689 bits per heavy atom. The van der Waals surface area contributed by atoms with E-state index in [1.807, 2.05) is 39.8 Å². The largest absolute Gasteiger partial charge is 0.496 e. The number of esters is 2. The molecule has 2 unspecified atom stereocenters. The molecule has 2 atom stereocenters. The molecule has 2 aliphatic rings. The van der Waals surface area contributed by atoms with Gasteiger partial charge in [-0.05, 0) is 111 Å². The Bertz CT molecular complexity index is 2520. The van der Waals surface area contributed by atoms with Crippen LogP contribution in [0.3, 0.4) is 0 Å². The van der Waals surface area contributed by atoms with Crippen molar-refractivity contribution in [2.75, 3.05) is 53.9 Å². The van der Waals surface area contributed by atoms with Gasteiger partial charge in [-0.1, -0.05) is 70.0 Å². The first-order chi connectivity index (χ1) is 34.2. The highest BCUT2D eigenvalue weighted by Crippen LogP contribution is 2.62. The fourth-order valence-electron chi connectivity index (χ4n) is 8.48. The van der Waals surface area contributed by atoms with E-state index in [1.165, 1.54) is 0 Å². The molecule has 414 valence electrons. The van der Waals surface area contributed by atoms with Crippen LogP contribution < -0.4 is 18.9 Å². The van der Waals surface area contributed by atoms with Crippen molar-refractivity contribution in [1.29, 1.82) is 10.5 Å². The van der Waals surface area contributed by atoms with E-state index in [2.05, 4.69) is 51.4 Å². The molecule has 4 rings (SSSR count). The molecule has 2 aromatic rings. The zero-order chi connectivity index (χ0) is 55.1. The topological polar surface area (TPSA) is 208 Å². The fourth-order valence-corrected chi connectivity index (χ4v) is 13.6. The number of carbonyl (C=O) groups is 2. The Morgan fingerprint density at radius 2 is 1.08 bits per heavy atom. The molecule has 20 heteroatoms. The lowest BCUT2D eigenvalue weighted by atomic mass is 9.94. The zero-order valence-corrected chi connectivity index (χ0v) is 50.4. The molecule has 74 heavy (non-hydrogen) atoms. The summed E-state index contributed by atoms with van der Waals surface area (Å²) in [5.41, 5.74) is 6.49. The van der Waals surface area contributed by atoms with Crippen LogP contribution in [0.15, 0.2) is 23.3 Å². The lowest BCUT2D eigenvalue weighted by molar-refractivity contribution is 0.0522. The lowest BCUT2D eigenvalue weighted by Crippen LogP contribution is -2.26. The highest BCUT2D eigenvalue weighted by molar-refractivity contribution is 7.56. The summed E-state index contributed by atoms with van der Waals surface area (Å²) in [4.78, 5) is 25.4. The van der Waals surface area contributed by atoms with Gasteiger partial charge >= 0.3 is 27.1 Å². The summed E-state index contributed by atoms with van der Waals surface area (Å²) in [6, 6.07) is 6.16. The summed E-state index contributed by atoms with van der Waals surface area (Å²) in [6.07, 6.45) is 5.13. The van der Waals surface area contributed by atoms with Gasteiger partial charge in [-0.25, -0.2) is 9.59 Å². The average Bonchev–Trinajstić information content (AvgIpc) is 3.90. The van der Waals surface area contributed by atoms with E-state index in [9.17, 15) is 29.2 Å². The first-order valence-electron chi connectivity index (χ1n) is 25.1. The Kier molecular flexibility index (Phi) is 25.6. The number of cyclic esters (lactones) is 2. The molecule has 0 amide bonds. The molecule has 0 fully saturated rings. The molecule has 0 aliphatic carbocycles. The maximum Gasteiger partial charge on any atom is 0.350 e. The molecule has 0 radical (unpaired) electrons. The van der Waals surface area contributed by atoms with Gasteiger partial charge in [0, 0.05) is 38.4 Å². The van der Waals surface area contributed by atoms with Crippen molar-refractivity contribution >= 4 is 43.3 Å². The number of hydrogen-bond donors (Lipinski definition) is 0. The Labute approximate surface area is 444 Å². The molecule has 0 aromatic heterocycles. The number of rotatable bonds is 28. The molecule has 2 aromatic carbocycles. The Morgan fingerprint density at radius 3 is 1.42 bits per heavy atom. The van der Waals surface area contributed by atoms with Gasteiger partial charge in [0.05, 0.1) is 66.0 Å². The first kappa shape index (κ1) is 65.9. The highest BCUT2D eigenvalue weighted by atomic mass is 31.2. The van der Waals surface area contributed by atoms with Gasteiger partial charge in [0.1, 0.15) is 47.3 Å². The number of allylic oxidation sites excluding steroid dienone is 4. The van der Waals surface area contributed by atoms with E-state index in [4.69, 9.17) is 46.5 Å². The molecule has 0 bridgehead atoms. The number of hydrogen-bond acceptors (Lipinski definition) is 16. The maximum absolute atomic E-state index is 13.5. The van der Waals surface area contributed by atoms with Gasteiger partial charge in [0.15, 0.2) is 10.8 Å². The summed E-state index contributed by atoms with van der Waals surface area (Å²) >= 11 is 0. The van der Waals surface area contributed by atoms with Crippen LogP contribution in [0.1, 0.15) is 123 Å². The van der Waals surface area contributed by atoms with Gasteiger partial charge in [-0.2, -0.15) is 10.5 Å². The van der Waals surface area contributed by atoms with Crippen molar-refractivity contribution in [1.82, 2.24) is 0 Å². The van der Waals surface area contributed by atoms with Crippen molar-refractivity contribution in [3.05, 3.63) is 67.8 Å². The maximum atomic E-state index is 13.5. The van der Waals surface area contributed by atoms with Gasteiger partial charge in [-0.15, -0.1) is 0 Å². The highest BCUT2D eigenvalue weighted by Gasteiger charge is 2.48. The standard InChI is InChI=1S/C27H42NO7PSi.C26H40NO7PSi.CH4/c1-10-34-36(30,35-11-2)27(5,18-28)16-19(3)12-13-21-24(31-6)20(4)22-17-33-26(29)23(22)25(21)32-14-15-37(7,8)9;1-9-33-35(29,34-10-2)20(16-27)15-18(3)11-12-21-24(30-5)19(4)22-17-32-26(28)23(22)25(21)31-13-14-36(6,7)8;/h12H,10-11,13-17H2,1-9H3;11,20H,9-10,12-15,17H2,1-8H3;1H4/b19-12+;18-11+;. The molecular weight excluding hydrogens is 1020 g/mol. The summed E-state index contributed by atoms with van der Waals surface area (Å²) in [5, 5.41) is 18.3. The van der Waals surface area contributed by atoms with E-state index in [0.29, 0.717) is 60.2 Å². The van der Waals surface area contributed by atoms with E-state index < -0.39 is 48.1 Å². The normalized spacial score (nSPS) is 15.0. The van der Waals surface area contributed by atoms with Crippen LogP contribution in [-0.4, -0.2) is 92.8 Å². The summed E-state index contributed by atoms with van der Waals surface area (Å²) in [6.45, 7) is 31.8. The van der Waals surface area contributed by atoms with Crippen LogP contribution >= 0.6 is 15.2 Å². The average molecular weight is 1110 g/mol. The predicted molar refractivity (Wildman–Crippen MR) is 297 cm³/mol. The molecule has 2 heterocycles. The van der Waals surface area contributed by atoms with Crippen molar-refractivity contribution in [2.45, 2.75) is 171 Å². The van der Waals surface area contributed by atoms with Crippen LogP contribution in [0, 0.1) is 36.5 Å². The summed E-state index contributed by atoms with van der Waals surface area (Å²) in [5.74, 6) is 1.53. The molecular formula is C54H86N2O14P2Si2. The molecule has 0 saturated carbocycles. The number of nitriles is 2. The van der Waals surface area contributed by atoms with Crippen molar-refractivity contribution in [3.63, 3.8) is 0 Å². The molecule has 16 nitrogen and oxygen atoms in total. The lowest BCUT2D eigenvalue weighted by Gasteiger charge is -2.30. The van der Waals surface area contributed by atoms with Gasteiger partial charge in [0.2, 0.25) is 0 Å². The minimum Gasteiger partial charge on any atom is -0.496 e. The van der Waals surface area contributed by atoms with Crippen LogP contribution in [-0.2, 0) is 62.8 Å². The zero-order valence-electron chi connectivity index (χ0n) is 46.6. The van der Waals surface area contributed by atoms with E-state index >= 15 is 0 Å². The third-order valence-corrected chi connectivity index (χ3v) is 20.9. The molecule has 0 saturated heterocycles. The minimum atomic E-state index is -3.68. The third kappa shape index (κ3) is 16.6. The molecule has 2 aliphatic heterocycles. The van der Waals surface area contributed by atoms with Gasteiger partial charge < -0.3 is 46.5 Å². The van der Waals surface area contributed by atoms with E-state index in [-0.39, 0.29) is 65.9 Å². The van der Waals surface area contributed by atoms with Crippen LogP contribution in [0.2, 0.25) is 51.4 Å². The summed E-state index contributed by atoms with van der Waals surface area (Å²) in [7, 11) is -6.78. The SMILES string of the molecule is C.CCOP(=O)(OCC)C(C#N)C/C(C)=C/Cc1c(OC)c(C)c2c(c1OCC[Si](C)(C)C)C(=O)OC2.CCOP(=O)(OCC)C(C)(C#N)C/C(C)=C/Cc1c(OC)c(C)c2c(c1OCC[Si](C)(C)C)C(=O)OC2. The Balaban J connectivity index is 0.000000500. The smallest absolute Gasteiger partial charge is 0.350 e. The van der Waals surface area contributed by atoms with Gasteiger partial charge in [0.25, 0.3) is 0 Å². The number of ether oxygens (including phenoxy) is 6. The molecule has 0 N–H and O–H groups in total. The van der Waals surface area contributed by atoms with E-state index in [1.54, 1.807) is 48.8 Å². The second-order valence-electron chi connectivity index (χ2n) is 20.7. The van der Waals surface area contributed by atoms with Crippen LogP contribution in [0.4, 0.5) is 0 Å². The van der Waals surface area contributed by atoms with Gasteiger partial charge in [-0.3, -0.25) is 9.13 Å². The molecule has 0 spiro atoms. The third-order valence-electron chi connectivity index (χ3n) is 12.5. The quantitative estimate of drug-likeness (QED) is 0.0336. The number of benzene rings is 2. The second kappa shape index (κ2) is 28.8. The Hall–Kier alpha value is -4.23. The number of fused-ring (bicyclic) bond motifs is 2. The van der Waals surface area contributed by atoms with Crippen LogP contribution in [0.5, 0.6) is 23.0 Å². The predicted octanol–water partition coefficient (Wildman–Crippen LogP) is 13.9. The fraction of sp³-hybridized carbons (Fsp3) is 0.630. The van der Waals surface area contributed by atoms with Crippen molar-refractivity contribution in [2.24, 2.45) is 0 Å². The first-order valence-corrected chi connectivity index (χ1v) is 35.7.